The van der Waals surface area contributed by atoms with Gasteiger partial charge < -0.3 is 10.1 Å². The highest BCUT2D eigenvalue weighted by atomic mass is 32.1. The van der Waals surface area contributed by atoms with Crippen molar-refractivity contribution in [2.75, 3.05) is 19.0 Å². The molecule has 0 saturated carbocycles. The molecular formula is C14H18N4O2S. The number of rotatable bonds is 5. The molecule has 6 nitrogen and oxygen atoms in total. The second kappa shape index (κ2) is 6.53. The summed E-state index contributed by atoms with van der Waals surface area (Å²) in [5, 5.41) is 7.54. The number of anilines is 1. The van der Waals surface area contributed by atoms with E-state index < -0.39 is 0 Å². The summed E-state index contributed by atoms with van der Waals surface area (Å²) < 4.78 is 4.91. The van der Waals surface area contributed by atoms with E-state index in [0.717, 1.165) is 0 Å². The molecule has 0 aliphatic heterocycles. The van der Waals surface area contributed by atoms with Crippen molar-refractivity contribution in [2.45, 2.75) is 19.3 Å². The van der Waals surface area contributed by atoms with E-state index in [1.165, 1.54) is 18.2 Å². The average molecular weight is 306 g/mol. The van der Waals surface area contributed by atoms with Crippen molar-refractivity contribution in [3.05, 3.63) is 34.7 Å². The van der Waals surface area contributed by atoms with Gasteiger partial charge in [-0.25, -0.2) is 9.78 Å². The quantitative estimate of drug-likeness (QED) is 0.890. The first-order valence-corrected chi connectivity index (χ1v) is 7.35. The molecule has 0 fully saturated rings. The minimum atomic E-state index is -0.305. The molecule has 2 aromatic heterocycles. The number of carbonyl (C=O) groups is 1. The van der Waals surface area contributed by atoms with Crippen LogP contribution in [0.3, 0.4) is 0 Å². The minimum Gasteiger partial charge on any atom is -0.467 e. The van der Waals surface area contributed by atoms with Crippen molar-refractivity contribution < 1.29 is 9.53 Å². The monoisotopic (exact) mass is 306 g/mol. The lowest BCUT2D eigenvalue weighted by Gasteiger charge is -2.23. The van der Waals surface area contributed by atoms with E-state index in [4.69, 9.17) is 4.74 Å². The highest BCUT2D eigenvalue weighted by molar-refractivity contribution is 7.10. The number of urea groups is 1. The van der Waals surface area contributed by atoms with Gasteiger partial charge in [-0.1, -0.05) is 19.9 Å². The first kappa shape index (κ1) is 15.2. The average Bonchev–Trinajstić information content (AvgIpc) is 3.00. The Morgan fingerprint density at radius 1 is 1.43 bits per heavy atom. The summed E-state index contributed by atoms with van der Waals surface area (Å²) in [4.78, 5) is 21.0. The number of aromatic nitrogens is 2. The number of thiophene rings is 1. The fraction of sp³-hybridized carbons (Fsp3) is 0.357. The zero-order chi connectivity index (χ0) is 15.3. The van der Waals surface area contributed by atoms with E-state index in [0.29, 0.717) is 12.4 Å². The fourth-order valence-electron chi connectivity index (χ4n) is 1.72. The molecule has 0 bridgehead atoms. The van der Waals surface area contributed by atoms with Gasteiger partial charge in [0.1, 0.15) is 5.82 Å². The molecule has 0 unspecified atom stereocenters. The number of amides is 2. The van der Waals surface area contributed by atoms with Crippen LogP contribution < -0.4 is 15.4 Å². The summed E-state index contributed by atoms with van der Waals surface area (Å²) in [7, 11) is 1.47. The Labute approximate surface area is 127 Å². The van der Waals surface area contributed by atoms with E-state index >= 15 is 0 Å². The van der Waals surface area contributed by atoms with Crippen LogP contribution >= 0.6 is 11.3 Å². The topological polar surface area (TPSA) is 76.1 Å². The van der Waals surface area contributed by atoms with Crippen LogP contribution in [-0.2, 0) is 5.41 Å². The molecule has 2 aromatic rings. The van der Waals surface area contributed by atoms with Crippen molar-refractivity contribution in [3.8, 4) is 6.01 Å². The molecule has 0 aliphatic rings. The first-order valence-electron chi connectivity index (χ1n) is 6.47. The Hall–Kier alpha value is -2.15. The SMILES string of the molecule is COc1nccc(NC(=O)NCC(C)(C)c2cccs2)n1. The van der Waals surface area contributed by atoms with Gasteiger partial charge in [0.2, 0.25) is 0 Å². The molecule has 0 atom stereocenters. The van der Waals surface area contributed by atoms with Gasteiger partial charge in [-0.05, 0) is 17.5 Å². The van der Waals surface area contributed by atoms with Crippen molar-refractivity contribution in [1.82, 2.24) is 15.3 Å². The van der Waals surface area contributed by atoms with Gasteiger partial charge in [-0.2, -0.15) is 4.98 Å². The van der Waals surface area contributed by atoms with Gasteiger partial charge in [0, 0.05) is 23.0 Å². The van der Waals surface area contributed by atoms with Crippen LogP contribution in [-0.4, -0.2) is 29.7 Å². The molecule has 0 aliphatic carbocycles. The van der Waals surface area contributed by atoms with Gasteiger partial charge in [0.15, 0.2) is 0 Å². The molecule has 0 radical (unpaired) electrons. The Morgan fingerprint density at radius 3 is 2.90 bits per heavy atom. The van der Waals surface area contributed by atoms with Crippen LogP contribution in [0.1, 0.15) is 18.7 Å². The van der Waals surface area contributed by atoms with Crippen LogP contribution in [0.2, 0.25) is 0 Å². The molecule has 0 spiro atoms. The number of hydrogen-bond acceptors (Lipinski definition) is 5. The van der Waals surface area contributed by atoms with Crippen LogP contribution in [0.15, 0.2) is 29.8 Å². The minimum absolute atomic E-state index is 0.116. The zero-order valence-corrected chi connectivity index (χ0v) is 13.0. The third-order valence-corrected chi connectivity index (χ3v) is 4.17. The van der Waals surface area contributed by atoms with Crippen LogP contribution in [0.4, 0.5) is 10.6 Å². The Morgan fingerprint density at radius 2 is 2.24 bits per heavy atom. The normalized spacial score (nSPS) is 11.0. The highest BCUT2D eigenvalue weighted by Gasteiger charge is 2.22. The maximum atomic E-state index is 11.9. The lowest BCUT2D eigenvalue weighted by atomic mass is 9.91. The lowest BCUT2D eigenvalue weighted by Crippen LogP contribution is -2.38. The molecule has 112 valence electrons. The summed E-state index contributed by atoms with van der Waals surface area (Å²) >= 11 is 1.68. The largest absolute Gasteiger partial charge is 0.467 e. The molecular weight excluding hydrogens is 288 g/mol. The van der Waals surface area contributed by atoms with Crippen molar-refractivity contribution >= 4 is 23.2 Å². The molecule has 0 aromatic carbocycles. The van der Waals surface area contributed by atoms with Gasteiger partial charge >= 0.3 is 12.0 Å². The van der Waals surface area contributed by atoms with Crippen LogP contribution in [0.5, 0.6) is 6.01 Å². The third-order valence-electron chi connectivity index (χ3n) is 2.94. The second-order valence-corrected chi connectivity index (χ2v) is 6.05. The zero-order valence-electron chi connectivity index (χ0n) is 12.2. The van der Waals surface area contributed by atoms with Crippen molar-refractivity contribution in [1.29, 1.82) is 0 Å². The second-order valence-electron chi connectivity index (χ2n) is 5.10. The number of hydrogen-bond donors (Lipinski definition) is 2. The van der Waals surface area contributed by atoms with Crippen molar-refractivity contribution in [3.63, 3.8) is 0 Å². The highest BCUT2D eigenvalue weighted by Crippen LogP contribution is 2.26. The molecule has 2 amide bonds. The predicted octanol–water partition coefficient (Wildman–Crippen LogP) is 2.65. The number of methoxy groups -OCH3 is 1. The molecule has 21 heavy (non-hydrogen) atoms. The number of ether oxygens (including phenoxy) is 1. The van der Waals surface area contributed by atoms with E-state index in [-0.39, 0.29) is 17.5 Å². The van der Waals surface area contributed by atoms with E-state index in [1.54, 1.807) is 17.4 Å². The Kier molecular flexibility index (Phi) is 4.74. The standard InChI is InChI=1S/C14H18N4O2S/c1-14(2,10-5-4-8-21-10)9-16-12(19)17-11-6-7-15-13(18-11)20-3/h4-8H,9H2,1-3H3,(H2,15,16,17,18,19). The Balaban J connectivity index is 1.90. The van der Waals surface area contributed by atoms with Gasteiger partial charge in [0.05, 0.1) is 7.11 Å². The van der Waals surface area contributed by atoms with Crippen molar-refractivity contribution in [2.24, 2.45) is 0 Å². The molecule has 0 saturated heterocycles. The fourth-order valence-corrected chi connectivity index (χ4v) is 2.57. The first-order chi connectivity index (χ1) is 10.0. The Bertz CT molecular complexity index is 599. The van der Waals surface area contributed by atoms with Gasteiger partial charge in [-0.3, -0.25) is 5.32 Å². The summed E-state index contributed by atoms with van der Waals surface area (Å²) in [6.45, 7) is 4.71. The molecule has 2 N–H and O–H groups in total. The number of nitrogens with zero attached hydrogens (tertiary/aromatic N) is 2. The summed E-state index contributed by atoms with van der Waals surface area (Å²) in [6, 6.07) is 5.59. The third kappa shape index (κ3) is 4.16. The smallest absolute Gasteiger partial charge is 0.320 e. The van der Waals surface area contributed by atoms with E-state index in [2.05, 4.69) is 40.5 Å². The molecule has 2 rings (SSSR count). The van der Waals surface area contributed by atoms with E-state index in [1.807, 2.05) is 11.4 Å². The number of nitrogens with one attached hydrogen (secondary N) is 2. The maximum Gasteiger partial charge on any atom is 0.320 e. The summed E-state index contributed by atoms with van der Waals surface area (Å²) in [5.74, 6) is 0.397. The van der Waals surface area contributed by atoms with Gasteiger partial charge in [-0.15, -0.1) is 11.3 Å². The summed E-state index contributed by atoms with van der Waals surface area (Å²) in [6.07, 6.45) is 1.52. The number of carbonyl (C=O) groups excluding carboxylic acids is 1. The molecule has 7 heteroatoms. The summed E-state index contributed by atoms with van der Waals surface area (Å²) in [5.41, 5.74) is -0.116. The van der Waals surface area contributed by atoms with Crippen LogP contribution in [0.25, 0.3) is 0 Å². The van der Waals surface area contributed by atoms with Crippen LogP contribution in [0, 0.1) is 0 Å². The van der Waals surface area contributed by atoms with Gasteiger partial charge in [0.25, 0.3) is 0 Å². The maximum absolute atomic E-state index is 11.9. The molecule has 2 heterocycles. The predicted molar refractivity (Wildman–Crippen MR) is 83.0 cm³/mol. The lowest BCUT2D eigenvalue weighted by molar-refractivity contribution is 0.249. The van der Waals surface area contributed by atoms with E-state index in [9.17, 15) is 4.79 Å².